The van der Waals surface area contributed by atoms with Gasteiger partial charge in [0.2, 0.25) is 5.71 Å². The van der Waals surface area contributed by atoms with Gasteiger partial charge in [0.25, 0.3) is 11.8 Å². The average molecular weight is 543 g/mol. The molecule has 1 aliphatic heterocycles. The minimum Gasteiger partial charge on any atom is -0.461 e. The van der Waals surface area contributed by atoms with Gasteiger partial charge in [-0.15, -0.1) is 5.10 Å². The number of amides is 2. The lowest BCUT2D eigenvalue weighted by Gasteiger charge is -2.25. The fourth-order valence-corrected chi connectivity index (χ4v) is 3.97. The summed E-state index contributed by atoms with van der Waals surface area (Å²) in [5.74, 6) is -2.83. The highest BCUT2D eigenvalue weighted by molar-refractivity contribution is 8.16. The van der Waals surface area contributed by atoms with Crippen LogP contribution in [-0.4, -0.2) is 46.2 Å². The smallest absolute Gasteiger partial charge is 0.365 e. The molecule has 0 saturated heterocycles. The number of nitrogens with zero attached hydrogens (tertiary/aromatic N) is 3. The highest BCUT2D eigenvalue weighted by Gasteiger charge is 2.33. The van der Waals surface area contributed by atoms with Gasteiger partial charge in [0.05, 0.1) is 12.2 Å². The largest absolute Gasteiger partial charge is 0.461 e. The predicted octanol–water partition coefficient (Wildman–Crippen LogP) is 4.19. The summed E-state index contributed by atoms with van der Waals surface area (Å²) in [6, 6.07) is 24.7. The van der Waals surface area contributed by atoms with Crippen LogP contribution in [0.2, 0.25) is 0 Å². The minimum absolute atomic E-state index is 0.000803. The molecule has 4 rings (SSSR count). The number of carbonyl (C=O) groups is 4. The average Bonchev–Trinajstić information content (AvgIpc) is 2.98. The van der Waals surface area contributed by atoms with Gasteiger partial charge in [-0.2, -0.15) is 5.01 Å². The van der Waals surface area contributed by atoms with E-state index in [4.69, 9.17) is 9.57 Å². The zero-order valence-corrected chi connectivity index (χ0v) is 21.5. The molecule has 0 unspecified atom stereocenters. The second-order valence-corrected chi connectivity index (χ2v) is 8.59. The van der Waals surface area contributed by atoms with Gasteiger partial charge in [-0.25, -0.2) is 9.59 Å². The number of carbonyl (C=O) groups excluding carboxylic acids is 4. The molecule has 10 nitrogen and oxygen atoms in total. The van der Waals surface area contributed by atoms with E-state index in [2.05, 4.69) is 15.6 Å². The number of hydrogen-bond donors (Lipinski definition) is 1. The Morgan fingerprint density at radius 3 is 2.00 bits per heavy atom. The van der Waals surface area contributed by atoms with Crippen LogP contribution in [0.4, 0.5) is 0 Å². The third-order valence-corrected chi connectivity index (χ3v) is 5.86. The van der Waals surface area contributed by atoms with Crippen molar-refractivity contribution in [2.24, 2.45) is 10.3 Å². The van der Waals surface area contributed by atoms with Gasteiger partial charge in [-0.05, 0) is 43.3 Å². The van der Waals surface area contributed by atoms with E-state index in [1.807, 2.05) is 0 Å². The first-order chi connectivity index (χ1) is 19.0. The SMILES string of the molecule is CCOC(=O)/C(=N\OC(=O)c1ccccc1)C1=CSC(NC(=O)c2ccccc2)=NN1C(=O)c1ccccc1. The van der Waals surface area contributed by atoms with E-state index in [0.717, 1.165) is 16.8 Å². The second kappa shape index (κ2) is 13.0. The van der Waals surface area contributed by atoms with Gasteiger partial charge in [0, 0.05) is 16.5 Å². The van der Waals surface area contributed by atoms with Crippen LogP contribution in [0, 0.1) is 0 Å². The maximum absolute atomic E-state index is 13.5. The Bertz CT molecular complexity index is 1460. The lowest BCUT2D eigenvalue weighted by molar-refractivity contribution is -0.135. The van der Waals surface area contributed by atoms with Crippen molar-refractivity contribution in [3.8, 4) is 0 Å². The van der Waals surface area contributed by atoms with E-state index in [-0.39, 0.29) is 28.6 Å². The van der Waals surface area contributed by atoms with Gasteiger partial charge in [-0.3, -0.25) is 14.9 Å². The second-order valence-electron chi connectivity index (χ2n) is 7.73. The summed E-state index contributed by atoms with van der Waals surface area (Å²) in [6.45, 7) is 1.59. The van der Waals surface area contributed by atoms with Crippen molar-refractivity contribution in [1.82, 2.24) is 10.3 Å². The number of benzene rings is 3. The van der Waals surface area contributed by atoms with Crippen LogP contribution in [0.15, 0.2) is 112 Å². The summed E-state index contributed by atoms with van der Waals surface area (Å²) in [7, 11) is 0. The monoisotopic (exact) mass is 542 g/mol. The van der Waals surface area contributed by atoms with E-state index in [1.165, 1.54) is 17.5 Å². The quantitative estimate of drug-likeness (QED) is 0.205. The predicted molar refractivity (Wildman–Crippen MR) is 146 cm³/mol. The Kier molecular flexibility index (Phi) is 8.99. The van der Waals surface area contributed by atoms with Crippen molar-refractivity contribution in [3.05, 3.63) is 119 Å². The normalized spacial score (nSPS) is 13.1. The van der Waals surface area contributed by atoms with Crippen LogP contribution in [0.3, 0.4) is 0 Å². The summed E-state index contributed by atoms with van der Waals surface area (Å²) in [5, 5.41) is 13.1. The molecular formula is C28H22N4O6S. The maximum atomic E-state index is 13.5. The third kappa shape index (κ3) is 6.84. The first-order valence-corrected chi connectivity index (χ1v) is 12.6. The standard InChI is InChI=1S/C28H22N4O6S/c1-2-37-27(36)23(31-38-26(35)21-16-10-5-11-17-21)22-18-39-28(29-24(33)19-12-6-3-7-13-19)30-32(22)25(34)20-14-8-4-9-15-20/h3-18H,2H2,1H3,(H,29,30,33)/b31-23-. The number of rotatable bonds is 7. The molecule has 0 bridgehead atoms. The molecule has 0 aliphatic carbocycles. The molecule has 3 aromatic rings. The molecule has 196 valence electrons. The Morgan fingerprint density at radius 2 is 1.41 bits per heavy atom. The molecule has 1 aliphatic rings. The number of oxime groups is 1. The fraction of sp³-hybridized carbons (Fsp3) is 0.0714. The number of hydrazone groups is 1. The van der Waals surface area contributed by atoms with Gasteiger partial charge < -0.3 is 9.57 Å². The highest BCUT2D eigenvalue weighted by Crippen LogP contribution is 2.25. The van der Waals surface area contributed by atoms with Crippen molar-refractivity contribution in [1.29, 1.82) is 0 Å². The highest BCUT2D eigenvalue weighted by atomic mass is 32.2. The summed E-state index contributed by atoms with van der Waals surface area (Å²) >= 11 is 0.938. The van der Waals surface area contributed by atoms with Crippen molar-refractivity contribution < 1.29 is 28.8 Å². The number of ether oxygens (including phenoxy) is 1. The lowest BCUT2D eigenvalue weighted by Crippen LogP contribution is -2.39. The molecule has 0 saturated carbocycles. The van der Waals surface area contributed by atoms with Crippen molar-refractivity contribution >= 4 is 46.4 Å². The first-order valence-electron chi connectivity index (χ1n) is 11.7. The van der Waals surface area contributed by atoms with E-state index in [0.29, 0.717) is 5.56 Å². The Morgan fingerprint density at radius 1 is 0.846 bits per heavy atom. The molecule has 0 aromatic heterocycles. The maximum Gasteiger partial charge on any atom is 0.365 e. The molecule has 1 heterocycles. The van der Waals surface area contributed by atoms with E-state index < -0.39 is 29.5 Å². The number of amidine groups is 1. The third-order valence-electron chi connectivity index (χ3n) is 5.11. The van der Waals surface area contributed by atoms with Crippen LogP contribution in [0.25, 0.3) is 0 Å². The topological polar surface area (TPSA) is 127 Å². The zero-order valence-electron chi connectivity index (χ0n) is 20.6. The molecule has 3 aromatic carbocycles. The fourth-order valence-electron chi connectivity index (χ4n) is 3.26. The summed E-state index contributed by atoms with van der Waals surface area (Å²) in [5.41, 5.74) is 0.272. The molecule has 39 heavy (non-hydrogen) atoms. The van der Waals surface area contributed by atoms with Gasteiger partial charge >= 0.3 is 11.9 Å². The van der Waals surface area contributed by atoms with Gasteiger partial charge in [0.1, 0.15) is 5.70 Å². The molecule has 11 heteroatoms. The molecule has 1 N–H and O–H groups in total. The number of nitrogens with one attached hydrogen (secondary N) is 1. The van der Waals surface area contributed by atoms with E-state index in [1.54, 1.807) is 85.8 Å². The molecule has 0 radical (unpaired) electrons. The van der Waals surface area contributed by atoms with Crippen molar-refractivity contribution in [2.45, 2.75) is 6.92 Å². The number of hydrogen-bond acceptors (Lipinski definition) is 9. The molecular weight excluding hydrogens is 520 g/mol. The first kappa shape index (κ1) is 27.0. The Balaban J connectivity index is 1.68. The van der Waals surface area contributed by atoms with Crippen LogP contribution in [0.1, 0.15) is 38.0 Å². The number of thioether (sulfide) groups is 1. The van der Waals surface area contributed by atoms with Crippen LogP contribution >= 0.6 is 11.8 Å². The van der Waals surface area contributed by atoms with Crippen molar-refractivity contribution in [2.75, 3.05) is 6.61 Å². The molecule has 2 amide bonds. The van der Waals surface area contributed by atoms with Gasteiger partial charge in [-0.1, -0.05) is 71.5 Å². The molecule has 0 fully saturated rings. The summed E-state index contributed by atoms with van der Waals surface area (Å²) in [6.07, 6.45) is 0. The van der Waals surface area contributed by atoms with Crippen LogP contribution in [0.5, 0.6) is 0 Å². The van der Waals surface area contributed by atoms with Crippen LogP contribution < -0.4 is 5.32 Å². The lowest BCUT2D eigenvalue weighted by atomic mass is 10.2. The Hall–Kier alpha value is -5.03. The zero-order chi connectivity index (χ0) is 27.6. The number of esters is 1. The van der Waals surface area contributed by atoms with Crippen LogP contribution in [-0.2, 0) is 14.4 Å². The van der Waals surface area contributed by atoms with Crippen molar-refractivity contribution in [3.63, 3.8) is 0 Å². The summed E-state index contributed by atoms with van der Waals surface area (Å²) < 4.78 is 5.11. The van der Waals surface area contributed by atoms with E-state index >= 15 is 0 Å². The van der Waals surface area contributed by atoms with E-state index in [9.17, 15) is 19.2 Å². The minimum atomic E-state index is -0.942. The Labute approximate surface area is 228 Å². The molecule has 0 spiro atoms. The molecule has 0 atom stereocenters. The van der Waals surface area contributed by atoms with Gasteiger partial charge in [0.15, 0.2) is 5.17 Å². The summed E-state index contributed by atoms with van der Waals surface area (Å²) in [4.78, 5) is 56.6.